The Kier molecular flexibility index (Phi) is 9.00. The smallest absolute Gasteiger partial charge is 0.337 e. The van der Waals surface area contributed by atoms with E-state index in [1.807, 2.05) is 0 Å². The van der Waals surface area contributed by atoms with Crippen LogP contribution in [-0.2, 0) is 23.9 Å². The van der Waals surface area contributed by atoms with Crippen molar-refractivity contribution in [3.63, 3.8) is 0 Å². The predicted molar refractivity (Wildman–Crippen MR) is 56.7 cm³/mol. The van der Waals surface area contributed by atoms with Gasteiger partial charge in [-0.2, -0.15) is 0 Å². The van der Waals surface area contributed by atoms with Gasteiger partial charge >= 0.3 is 17.9 Å². The summed E-state index contributed by atoms with van der Waals surface area (Å²) in [7, 11) is 1.17. The Labute approximate surface area is 94.2 Å². The van der Waals surface area contributed by atoms with Crippen LogP contribution in [0, 0.1) is 5.92 Å². The van der Waals surface area contributed by atoms with Crippen molar-refractivity contribution in [1.29, 1.82) is 0 Å². The second-order valence-electron chi connectivity index (χ2n) is 2.81. The standard InChI is InChI=1S/C10H14O5.H3N/c1-4-6-7(9(12)14-3)10(13)15-8(11)5-2;/h5,7H,2,4,6H2,1,3H3;1H3. The zero-order valence-corrected chi connectivity index (χ0v) is 9.52. The van der Waals surface area contributed by atoms with E-state index >= 15 is 0 Å². The minimum atomic E-state index is -1.04. The van der Waals surface area contributed by atoms with Crippen LogP contribution in [-0.4, -0.2) is 25.0 Å². The lowest BCUT2D eigenvalue weighted by Gasteiger charge is -2.10. The number of esters is 3. The van der Waals surface area contributed by atoms with Crippen LogP contribution in [0.1, 0.15) is 19.8 Å². The SMILES string of the molecule is C=CC(=O)OC(=O)C(CCC)C(=O)OC.N. The molecule has 0 amide bonds. The summed E-state index contributed by atoms with van der Waals surface area (Å²) < 4.78 is 8.76. The molecule has 6 nitrogen and oxygen atoms in total. The molecule has 0 saturated carbocycles. The lowest BCUT2D eigenvalue weighted by atomic mass is 10.0. The molecule has 0 aliphatic rings. The highest BCUT2D eigenvalue weighted by Gasteiger charge is 2.29. The van der Waals surface area contributed by atoms with Crippen molar-refractivity contribution in [2.24, 2.45) is 5.92 Å². The molecule has 0 rings (SSSR count). The number of hydrogen-bond donors (Lipinski definition) is 1. The fraction of sp³-hybridized carbons (Fsp3) is 0.500. The van der Waals surface area contributed by atoms with Crippen LogP contribution >= 0.6 is 0 Å². The van der Waals surface area contributed by atoms with Gasteiger partial charge in [0.25, 0.3) is 0 Å². The van der Waals surface area contributed by atoms with Crippen LogP contribution in [0.5, 0.6) is 0 Å². The molecular formula is C10H17NO5. The van der Waals surface area contributed by atoms with Crippen LogP contribution < -0.4 is 6.15 Å². The molecule has 0 aromatic carbocycles. The van der Waals surface area contributed by atoms with E-state index in [9.17, 15) is 14.4 Å². The first-order chi connectivity index (χ1) is 7.06. The summed E-state index contributed by atoms with van der Waals surface area (Å²) in [6.45, 7) is 4.95. The Morgan fingerprint density at radius 2 is 1.88 bits per heavy atom. The number of carbonyl (C=O) groups excluding carboxylic acids is 3. The maximum Gasteiger partial charge on any atom is 0.337 e. The van der Waals surface area contributed by atoms with Crippen molar-refractivity contribution in [3.8, 4) is 0 Å². The molecule has 1 atom stereocenters. The third-order valence-electron chi connectivity index (χ3n) is 1.72. The van der Waals surface area contributed by atoms with E-state index in [0.29, 0.717) is 6.42 Å². The summed E-state index contributed by atoms with van der Waals surface area (Å²) >= 11 is 0. The van der Waals surface area contributed by atoms with E-state index in [2.05, 4.69) is 16.1 Å². The molecule has 3 N–H and O–H groups in total. The normalized spacial score (nSPS) is 10.6. The lowest BCUT2D eigenvalue weighted by Crippen LogP contribution is -2.28. The summed E-state index contributed by atoms with van der Waals surface area (Å²) in [5, 5.41) is 0. The van der Waals surface area contributed by atoms with Crippen molar-refractivity contribution in [2.45, 2.75) is 19.8 Å². The maximum absolute atomic E-state index is 11.3. The van der Waals surface area contributed by atoms with Gasteiger partial charge in [-0.15, -0.1) is 0 Å². The molecule has 0 aliphatic heterocycles. The lowest BCUT2D eigenvalue weighted by molar-refractivity contribution is -0.165. The van der Waals surface area contributed by atoms with Gasteiger partial charge in [0.1, 0.15) is 0 Å². The maximum atomic E-state index is 11.3. The Balaban J connectivity index is 0. The van der Waals surface area contributed by atoms with Gasteiger partial charge in [0.05, 0.1) is 7.11 Å². The van der Waals surface area contributed by atoms with Crippen molar-refractivity contribution in [2.75, 3.05) is 7.11 Å². The van der Waals surface area contributed by atoms with E-state index in [-0.39, 0.29) is 12.6 Å². The van der Waals surface area contributed by atoms with Gasteiger partial charge in [-0.25, -0.2) is 4.79 Å². The molecule has 0 aromatic rings. The highest BCUT2D eigenvalue weighted by atomic mass is 16.6. The molecule has 92 valence electrons. The van der Waals surface area contributed by atoms with E-state index < -0.39 is 23.8 Å². The highest BCUT2D eigenvalue weighted by molar-refractivity contribution is 6.01. The molecule has 0 aromatic heterocycles. The van der Waals surface area contributed by atoms with Gasteiger partial charge in [0.15, 0.2) is 5.92 Å². The quantitative estimate of drug-likeness (QED) is 0.430. The van der Waals surface area contributed by atoms with E-state index in [0.717, 1.165) is 6.08 Å². The largest absolute Gasteiger partial charge is 0.468 e. The van der Waals surface area contributed by atoms with E-state index in [4.69, 9.17) is 0 Å². The number of rotatable bonds is 5. The van der Waals surface area contributed by atoms with Gasteiger partial charge in [0.2, 0.25) is 0 Å². The molecule has 0 heterocycles. The molecular weight excluding hydrogens is 214 g/mol. The van der Waals surface area contributed by atoms with Crippen LogP contribution in [0.4, 0.5) is 0 Å². The fourth-order valence-corrected chi connectivity index (χ4v) is 0.975. The first-order valence-corrected chi connectivity index (χ1v) is 4.52. The Morgan fingerprint density at radius 3 is 2.25 bits per heavy atom. The summed E-state index contributed by atoms with van der Waals surface area (Å²) in [5.41, 5.74) is 0. The first kappa shape index (κ1) is 16.7. The Hall–Kier alpha value is -1.69. The third-order valence-corrected chi connectivity index (χ3v) is 1.72. The van der Waals surface area contributed by atoms with Crippen LogP contribution in [0.2, 0.25) is 0 Å². The number of methoxy groups -OCH3 is 1. The number of ether oxygens (including phenoxy) is 2. The minimum Gasteiger partial charge on any atom is -0.468 e. The van der Waals surface area contributed by atoms with Crippen LogP contribution in [0.15, 0.2) is 12.7 Å². The summed E-state index contributed by atoms with van der Waals surface area (Å²) in [4.78, 5) is 33.2. The van der Waals surface area contributed by atoms with Gasteiger partial charge in [-0.05, 0) is 6.42 Å². The average molecular weight is 231 g/mol. The average Bonchev–Trinajstić information content (AvgIpc) is 2.24. The summed E-state index contributed by atoms with van der Waals surface area (Å²) in [5.74, 6) is -3.50. The fourth-order valence-electron chi connectivity index (χ4n) is 0.975. The van der Waals surface area contributed by atoms with Crippen molar-refractivity contribution < 1.29 is 23.9 Å². The second kappa shape index (κ2) is 8.60. The van der Waals surface area contributed by atoms with Crippen LogP contribution in [0.3, 0.4) is 0 Å². The molecule has 0 aliphatic carbocycles. The molecule has 1 unspecified atom stereocenters. The highest BCUT2D eigenvalue weighted by Crippen LogP contribution is 2.10. The Bertz CT molecular complexity index is 274. The molecule has 0 fully saturated rings. The van der Waals surface area contributed by atoms with Gasteiger partial charge < -0.3 is 15.6 Å². The molecule has 0 radical (unpaired) electrons. The van der Waals surface area contributed by atoms with Crippen molar-refractivity contribution in [1.82, 2.24) is 6.15 Å². The molecule has 6 heteroatoms. The summed E-state index contributed by atoms with van der Waals surface area (Å²) in [6.07, 6.45) is 1.76. The number of hydrogen-bond acceptors (Lipinski definition) is 6. The summed E-state index contributed by atoms with van der Waals surface area (Å²) in [6, 6.07) is 0. The van der Waals surface area contributed by atoms with Crippen molar-refractivity contribution in [3.05, 3.63) is 12.7 Å². The first-order valence-electron chi connectivity index (χ1n) is 4.52. The monoisotopic (exact) mass is 231 g/mol. The van der Waals surface area contributed by atoms with Gasteiger partial charge in [-0.1, -0.05) is 19.9 Å². The zero-order chi connectivity index (χ0) is 11.8. The van der Waals surface area contributed by atoms with Gasteiger partial charge in [0, 0.05) is 6.08 Å². The Morgan fingerprint density at radius 1 is 1.31 bits per heavy atom. The van der Waals surface area contributed by atoms with Crippen LogP contribution in [0.25, 0.3) is 0 Å². The second-order valence-corrected chi connectivity index (χ2v) is 2.81. The molecule has 0 saturated heterocycles. The zero-order valence-electron chi connectivity index (χ0n) is 9.52. The van der Waals surface area contributed by atoms with E-state index in [1.165, 1.54) is 7.11 Å². The number of carbonyl (C=O) groups is 3. The van der Waals surface area contributed by atoms with Gasteiger partial charge in [-0.3, -0.25) is 9.59 Å². The molecule has 0 bridgehead atoms. The topological polar surface area (TPSA) is 105 Å². The van der Waals surface area contributed by atoms with E-state index in [1.54, 1.807) is 6.92 Å². The molecule has 0 spiro atoms. The third kappa shape index (κ3) is 5.26. The predicted octanol–water partition coefficient (Wildman–Crippen LogP) is 0.993. The molecule has 16 heavy (non-hydrogen) atoms. The minimum absolute atomic E-state index is 0. The van der Waals surface area contributed by atoms with Crippen molar-refractivity contribution >= 4 is 17.9 Å².